The third-order valence-corrected chi connectivity index (χ3v) is 4.82. The molecule has 0 saturated carbocycles. The largest absolute Gasteiger partial charge is 0.484 e. The summed E-state index contributed by atoms with van der Waals surface area (Å²) in [6.07, 6.45) is 1.47. The van der Waals surface area contributed by atoms with E-state index in [1.54, 1.807) is 30.3 Å². The van der Waals surface area contributed by atoms with Gasteiger partial charge >= 0.3 is 0 Å². The van der Waals surface area contributed by atoms with Crippen LogP contribution in [0.4, 0.5) is 15.8 Å². The van der Waals surface area contributed by atoms with Crippen LogP contribution in [0.25, 0.3) is 6.08 Å². The molecule has 0 aliphatic rings. The normalized spacial score (nSPS) is 10.8. The lowest BCUT2D eigenvalue weighted by Crippen LogP contribution is -2.20. The van der Waals surface area contributed by atoms with Crippen LogP contribution in [0.2, 0.25) is 0 Å². The van der Waals surface area contributed by atoms with Crippen molar-refractivity contribution >= 4 is 29.3 Å². The Bertz CT molecular complexity index is 1230. The summed E-state index contributed by atoms with van der Waals surface area (Å²) in [4.78, 5) is 24.4. The summed E-state index contributed by atoms with van der Waals surface area (Å²) in [7, 11) is 0. The van der Waals surface area contributed by atoms with E-state index in [4.69, 9.17) is 4.74 Å². The molecule has 3 aromatic carbocycles. The topological polar surface area (TPSA) is 91.2 Å². The maximum Gasteiger partial charge on any atom is 0.266 e. The molecule has 166 valence electrons. The molecule has 2 N–H and O–H groups in total. The number of halogens is 1. The van der Waals surface area contributed by atoms with Crippen LogP contribution in [0.5, 0.6) is 5.75 Å². The zero-order valence-electron chi connectivity index (χ0n) is 18.2. The van der Waals surface area contributed by atoms with Crippen molar-refractivity contribution < 1.29 is 18.7 Å². The van der Waals surface area contributed by atoms with Gasteiger partial charge in [0.25, 0.3) is 11.8 Å². The minimum atomic E-state index is -0.501. The van der Waals surface area contributed by atoms with Gasteiger partial charge in [0.05, 0.1) is 0 Å². The molecule has 2 amide bonds. The number of aryl methyl sites for hydroxylation is 2. The molecule has 6 nitrogen and oxygen atoms in total. The molecule has 0 atom stereocenters. The van der Waals surface area contributed by atoms with Crippen molar-refractivity contribution in [2.45, 2.75) is 13.8 Å². The van der Waals surface area contributed by atoms with E-state index in [-0.39, 0.29) is 23.9 Å². The molecule has 3 rings (SSSR count). The van der Waals surface area contributed by atoms with Crippen LogP contribution in [0.1, 0.15) is 16.7 Å². The lowest BCUT2D eigenvalue weighted by molar-refractivity contribution is -0.118. The monoisotopic (exact) mass is 443 g/mol. The summed E-state index contributed by atoms with van der Waals surface area (Å²) in [5.74, 6) is -0.834. The number of carbonyl (C=O) groups excluding carboxylic acids is 2. The second kappa shape index (κ2) is 10.7. The zero-order chi connectivity index (χ0) is 23.8. The van der Waals surface area contributed by atoms with Gasteiger partial charge < -0.3 is 15.4 Å². The second-order valence-electron chi connectivity index (χ2n) is 7.34. The van der Waals surface area contributed by atoms with Gasteiger partial charge in [-0.2, -0.15) is 5.26 Å². The molecule has 0 fully saturated rings. The average Bonchev–Trinajstić information content (AvgIpc) is 2.80. The molecule has 33 heavy (non-hydrogen) atoms. The Morgan fingerprint density at radius 1 is 0.939 bits per heavy atom. The van der Waals surface area contributed by atoms with Crippen LogP contribution in [0.3, 0.4) is 0 Å². The Morgan fingerprint density at radius 2 is 1.61 bits per heavy atom. The van der Waals surface area contributed by atoms with Crippen LogP contribution < -0.4 is 15.4 Å². The Balaban J connectivity index is 1.57. The minimum absolute atomic E-state index is 0.0411. The average molecular weight is 443 g/mol. The molecular weight excluding hydrogens is 421 g/mol. The highest BCUT2D eigenvalue weighted by Gasteiger charge is 2.10. The van der Waals surface area contributed by atoms with Gasteiger partial charge in [0.15, 0.2) is 6.61 Å². The number of amides is 2. The van der Waals surface area contributed by atoms with Crippen molar-refractivity contribution in [2.24, 2.45) is 0 Å². The summed E-state index contributed by atoms with van der Waals surface area (Å²) in [5.41, 5.74) is 3.82. The van der Waals surface area contributed by atoms with E-state index in [1.165, 1.54) is 30.3 Å². The predicted octanol–water partition coefficient (Wildman–Crippen LogP) is 5.01. The summed E-state index contributed by atoms with van der Waals surface area (Å²) in [6, 6.07) is 19.5. The number of rotatable bonds is 7. The van der Waals surface area contributed by atoms with E-state index in [0.29, 0.717) is 22.7 Å². The molecular formula is C26H22FN3O3. The van der Waals surface area contributed by atoms with Crippen LogP contribution in [0.15, 0.2) is 72.3 Å². The van der Waals surface area contributed by atoms with E-state index in [2.05, 4.69) is 10.6 Å². The van der Waals surface area contributed by atoms with Gasteiger partial charge in [-0.3, -0.25) is 9.59 Å². The minimum Gasteiger partial charge on any atom is -0.484 e. The second-order valence-corrected chi connectivity index (χ2v) is 7.34. The molecule has 7 heteroatoms. The van der Waals surface area contributed by atoms with E-state index < -0.39 is 5.91 Å². The van der Waals surface area contributed by atoms with E-state index in [0.717, 1.165) is 11.1 Å². The first-order valence-electron chi connectivity index (χ1n) is 10.1. The van der Waals surface area contributed by atoms with Crippen LogP contribution in [-0.4, -0.2) is 18.4 Å². The first-order chi connectivity index (χ1) is 15.8. The molecule has 0 heterocycles. The maximum absolute atomic E-state index is 12.9. The highest BCUT2D eigenvalue weighted by atomic mass is 19.1. The van der Waals surface area contributed by atoms with Gasteiger partial charge in [-0.1, -0.05) is 18.2 Å². The molecule has 0 bridgehead atoms. The first-order valence-corrected chi connectivity index (χ1v) is 10.1. The number of nitriles is 1. The van der Waals surface area contributed by atoms with Gasteiger partial charge in [0.2, 0.25) is 0 Å². The Morgan fingerprint density at radius 3 is 2.24 bits per heavy atom. The molecule has 0 aliphatic carbocycles. The number of hydrogen-bond acceptors (Lipinski definition) is 4. The van der Waals surface area contributed by atoms with Gasteiger partial charge in [-0.25, -0.2) is 4.39 Å². The smallest absolute Gasteiger partial charge is 0.266 e. The van der Waals surface area contributed by atoms with Crippen molar-refractivity contribution in [1.82, 2.24) is 0 Å². The molecule has 0 spiro atoms. The fourth-order valence-electron chi connectivity index (χ4n) is 2.87. The Hall–Kier alpha value is -4.44. The first kappa shape index (κ1) is 23.2. The van der Waals surface area contributed by atoms with Gasteiger partial charge in [-0.05, 0) is 85.1 Å². The predicted molar refractivity (Wildman–Crippen MR) is 125 cm³/mol. The quantitative estimate of drug-likeness (QED) is 0.397. The maximum atomic E-state index is 12.9. The van der Waals surface area contributed by atoms with Gasteiger partial charge in [-0.15, -0.1) is 0 Å². The summed E-state index contributed by atoms with van der Waals surface area (Å²) < 4.78 is 18.4. The van der Waals surface area contributed by atoms with Crippen molar-refractivity contribution in [3.63, 3.8) is 0 Å². The third kappa shape index (κ3) is 6.77. The number of carbonyl (C=O) groups is 2. The molecule has 0 aliphatic heterocycles. The number of ether oxygens (including phenoxy) is 1. The zero-order valence-corrected chi connectivity index (χ0v) is 18.2. The molecule has 0 unspecified atom stereocenters. The van der Waals surface area contributed by atoms with E-state index >= 15 is 0 Å². The highest BCUT2D eigenvalue weighted by Crippen LogP contribution is 2.18. The summed E-state index contributed by atoms with van der Waals surface area (Å²) in [5, 5.41) is 14.7. The van der Waals surface area contributed by atoms with Crippen molar-refractivity contribution in [3.8, 4) is 11.8 Å². The SMILES string of the molecule is Cc1ccc(NC(=O)/C(C#N)=C/c2ccc(OCC(=O)Nc3ccc(F)cc3)cc2)cc1C. The van der Waals surface area contributed by atoms with Crippen molar-refractivity contribution in [1.29, 1.82) is 5.26 Å². The van der Waals surface area contributed by atoms with Crippen molar-refractivity contribution in [2.75, 3.05) is 17.2 Å². The molecule has 3 aromatic rings. The Labute approximate surface area is 191 Å². The summed E-state index contributed by atoms with van der Waals surface area (Å²) >= 11 is 0. The number of nitrogens with zero attached hydrogens (tertiary/aromatic N) is 1. The van der Waals surface area contributed by atoms with Gasteiger partial charge in [0, 0.05) is 11.4 Å². The summed E-state index contributed by atoms with van der Waals surface area (Å²) in [6.45, 7) is 3.70. The van der Waals surface area contributed by atoms with Crippen LogP contribution in [0, 0.1) is 31.0 Å². The fraction of sp³-hybridized carbons (Fsp3) is 0.115. The number of anilines is 2. The molecule has 0 saturated heterocycles. The lowest BCUT2D eigenvalue weighted by atomic mass is 10.1. The highest BCUT2D eigenvalue weighted by molar-refractivity contribution is 6.09. The van der Waals surface area contributed by atoms with Gasteiger partial charge in [0.1, 0.15) is 23.2 Å². The van der Waals surface area contributed by atoms with E-state index in [9.17, 15) is 19.2 Å². The Kier molecular flexibility index (Phi) is 7.55. The number of nitrogens with one attached hydrogen (secondary N) is 2. The van der Waals surface area contributed by atoms with E-state index in [1.807, 2.05) is 32.0 Å². The van der Waals surface area contributed by atoms with Crippen molar-refractivity contribution in [3.05, 3.63) is 94.8 Å². The van der Waals surface area contributed by atoms with Crippen LogP contribution >= 0.6 is 0 Å². The number of hydrogen-bond donors (Lipinski definition) is 2. The lowest BCUT2D eigenvalue weighted by Gasteiger charge is -2.08. The molecule has 0 radical (unpaired) electrons. The fourth-order valence-corrected chi connectivity index (χ4v) is 2.87. The number of benzene rings is 3. The standard InChI is InChI=1S/C26H22FN3O3/c1-17-3-8-23(13-18(17)2)30-26(32)20(15-28)14-19-4-11-24(12-5-19)33-16-25(31)29-22-9-6-21(27)7-10-22/h3-14H,16H2,1-2H3,(H,29,31)(H,30,32)/b20-14+. The third-order valence-electron chi connectivity index (χ3n) is 4.82. The van der Waals surface area contributed by atoms with Crippen LogP contribution in [-0.2, 0) is 9.59 Å². The molecule has 0 aromatic heterocycles.